The Kier molecular flexibility index (Phi) is 8.67. The molecule has 2 N–H and O–H groups in total. The maximum Gasteiger partial charge on any atom is 0.311 e. The molecule has 3 unspecified atom stereocenters. The average Bonchev–Trinajstić information content (AvgIpc) is 2.56. The molecule has 4 heteroatoms. The molecule has 3 atom stereocenters. The minimum atomic E-state index is -1.20. The molecule has 0 radical (unpaired) electrons. The standard InChI is InChI=1S/C21H36O4/c1-4-6-8-10-14-20(18(22)23)15-12-13-17(3)21(20,19(24)25)16-11-9-7-5-2/h12-13,17H,4-11,14-16H2,1-3H3,(H,22,23)(H,24,25). The van der Waals surface area contributed by atoms with Crippen molar-refractivity contribution >= 4 is 11.9 Å². The summed E-state index contributed by atoms with van der Waals surface area (Å²) in [5, 5.41) is 20.4. The molecule has 1 rings (SSSR count). The van der Waals surface area contributed by atoms with E-state index in [4.69, 9.17) is 0 Å². The van der Waals surface area contributed by atoms with Crippen molar-refractivity contribution in [2.45, 2.75) is 91.4 Å². The zero-order valence-electron chi connectivity index (χ0n) is 16.2. The van der Waals surface area contributed by atoms with Gasteiger partial charge >= 0.3 is 11.9 Å². The number of aliphatic carboxylic acids is 2. The molecule has 144 valence electrons. The Labute approximate surface area is 152 Å². The Morgan fingerprint density at radius 3 is 1.96 bits per heavy atom. The van der Waals surface area contributed by atoms with Gasteiger partial charge in [-0.15, -0.1) is 0 Å². The highest BCUT2D eigenvalue weighted by molar-refractivity contribution is 5.88. The van der Waals surface area contributed by atoms with E-state index in [2.05, 4.69) is 13.8 Å². The van der Waals surface area contributed by atoms with Gasteiger partial charge in [0.2, 0.25) is 0 Å². The van der Waals surface area contributed by atoms with Crippen LogP contribution in [-0.2, 0) is 9.59 Å². The molecule has 0 aromatic carbocycles. The third kappa shape index (κ3) is 4.45. The maximum absolute atomic E-state index is 12.5. The summed E-state index contributed by atoms with van der Waals surface area (Å²) in [6, 6.07) is 0. The lowest BCUT2D eigenvalue weighted by Gasteiger charge is -2.50. The molecule has 4 nitrogen and oxygen atoms in total. The number of hydrogen-bond donors (Lipinski definition) is 2. The highest BCUT2D eigenvalue weighted by Gasteiger charge is 2.63. The lowest BCUT2D eigenvalue weighted by atomic mass is 9.50. The van der Waals surface area contributed by atoms with Crippen LogP contribution in [0.5, 0.6) is 0 Å². The molecule has 0 heterocycles. The van der Waals surface area contributed by atoms with E-state index in [9.17, 15) is 19.8 Å². The third-order valence-electron chi connectivity index (χ3n) is 6.20. The molecule has 0 aromatic heterocycles. The van der Waals surface area contributed by atoms with Gasteiger partial charge < -0.3 is 10.2 Å². The smallest absolute Gasteiger partial charge is 0.311 e. The topological polar surface area (TPSA) is 74.6 Å². The molecule has 25 heavy (non-hydrogen) atoms. The van der Waals surface area contributed by atoms with Crippen LogP contribution in [0.15, 0.2) is 12.2 Å². The lowest BCUT2D eigenvalue weighted by molar-refractivity contribution is -0.182. The van der Waals surface area contributed by atoms with Crippen LogP contribution in [0.4, 0.5) is 0 Å². The summed E-state index contributed by atoms with van der Waals surface area (Å²) < 4.78 is 0. The van der Waals surface area contributed by atoms with Crippen molar-refractivity contribution in [3.8, 4) is 0 Å². The monoisotopic (exact) mass is 352 g/mol. The molecule has 0 spiro atoms. The number of carboxylic acid groups (broad SMARTS) is 2. The van der Waals surface area contributed by atoms with E-state index in [0.29, 0.717) is 19.3 Å². The summed E-state index contributed by atoms with van der Waals surface area (Å²) in [4.78, 5) is 24.9. The number of allylic oxidation sites excluding steroid dienone is 2. The summed E-state index contributed by atoms with van der Waals surface area (Å²) >= 11 is 0. The van der Waals surface area contributed by atoms with E-state index in [0.717, 1.165) is 51.4 Å². The third-order valence-corrected chi connectivity index (χ3v) is 6.20. The summed E-state index contributed by atoms with van der Waals surface area (Å²) in [6.45, 7) is 6.12. The van der Waals surface area contributed by atoms with Gasteiger partial charge in [-0.2, -0.15) is 0 Å². The highest BCUT2D eigenvalue weighted by atomic mass is 16.4. The SMILES string of the molecule is CCCCCCC1(C(=O)O)CC=CC(C)C1(CCCCCC)C(=O)O. The van der Waals surface area contributed by atoms with Crippen LogP contribution in [0.2, 0.25) is 0 Å². The van der Waals surface area contributed by atoms with E-state index in [-0.39, 0.29) is 5.92 Å². The van der Waals surface area contributed by atoms with Crippen LogP contribution < -0.4 is 0 Å². The molecule has 0 bridgehead atoms. The predicted octanol–water partition coefficient (Wildman–Crippen LogP) is 5.67. The molecule has 1 aliphatic rings. The van der Waals surface area contributed by atoms with E-state index in [1.165, 1.54) is 0 Å². The van der Waals surface area contributed by atoms with Crippen molar-refractivity contribution in [3.63, 3.8) is 0 Å². The van der Waals surface area contributed by atoms with Gasteiger partial charge in [-0.05, 0) is 25.2 Å². The van der Waals surface area contributed by atoms with Gasteiger partial charge in [0, 0.05) is 0 Å². The minimum absolute atomic E-state index is 0.261. The second-order valence-corrected chi connectivity index (χ2v) is 7.71. The normalized spacial score (nSPS) is 28.8. The maximum atomic E-state index is 12.5. The molecule has 0 amide bonds. The summed E-state index contributed by atoms with van der Waals surface area (Å²) in [6.07, 6.45) is 12.8. The molecular weight excluding hydrogens is 316 g/mol. The lowest BCUT2D eigenvalue weighted by Crippen LogP contribution is -2.57. The second-order valence-electron chi connectivity index (χ2n) is 7.71. The van der Waals surface area contributed by atoms with E-state index in [1.54, 1.807) is 0 Å². The van der Waals surface area contributed by atoms with Gasteiger partial charge in [-0.3, -0.25) is 9.59 Å². The van der Waals surface area contributed by atoms with Crippen molar-refractivity contribution in [1.82, 2.24) is 0 Å². The number of hydrogen-bond acceptors (Lipinski definition) is 2. The first-order valence-electron chi connectivity index (χ1n) is 10.0. The first-order chi connectivity index (χ1) is 11.9. The van der Waals surface area contributed by atoms with Crippen molar-refractivity contribution in [2.24, 2.45) is 16.7 Å². The van der Waals surface area contributed by atoms with Crippen LogP contribution in [0.25, 0.3) is 0 Å². The summed E-state index contributed by atoms with van der Waals surface area (Å²) in [5.41, 5.74) is -2.39. The van der Waals surface area contributed by atoms with Gasteiger partial charge in [0.25, 0.3) is 0 Å². The van der Waals surface area contributed by atoms with E-state index < -0.39 is 22.8 Å². The Balaban J connectivity index is 3.18. The van der Waals surface area contributed by atoms with Crippen LogP contribution in [0, 0.1) is 16.7 Å². The molecular formula is C21H36O4. The van der Waals surface area contributed by atoms with Gasteiger partial charge in [-0.25, -0.2) is 0 Å². The van der Waals surface area contributed by atoms with Gasteiger partial charge in [0.05, 0.1) is 10.8 Å². The van der Waals surface area contributed by atoms with Gasteiger partial charge in [0.15, 0.2) is 0 Å². The first-order valence-corrected chi connectivity index (χ1v) is 10.0. The second kappa shape index (κ2) is 9.98. The number of unbranched alkanes of at least 4 members (excludes halogenated alkanes) is 6. The quantitative estimate of drug-likeness (QED) is 0.351. The fraction of sp³-hybridized carbons (Fsp3) is 0.810. The van der Waals surface area contributed by atoms with Crippen LogP contribution in [0.1, 0.15) is 91.4 Å². The Hall–Kier alpha value is -1.32. The average molecular weight is 353 g/mol. The van der Waals surface area contributed by atoms with Crippen molar-refractivity contribution in [1.29, 1.82) is 0 Å². The molecule has 0 aromatic rings. The van der Waals surface area contributed by atoms with E-state index >= 15 is 0 Å². The molecule has 0 saturated heterocycles. The minimum Gasteiger partial charge on any atom is -0.481 e. The highest BCUT2D eigenvalue weighted by Crippen LogP contribution is 2.57. The first kappa shape index (κ1) is 21.7. The molecule has 0 aliphatic heterocycles. The Morgan fingerprint density at radius 2 is 1.48 bits per heavy atom. The van der Waals surface area contributed by atoms with Crippen LogP contribution >= 0.6 is 0 Å². The molecule has 1 aliphatic carbocycles. The van der Waals surface area contributed by atoms with Crippen molar-refractivity contribution < 1.29 is 19.8 Å². The largest absolute Gasteiger partial charge is 0.481 e. The predicted molar refractivity (Wildman–Crippen MR) is 101 cm³/mol. The fourth-order valence-electron chi connectivity index (χ4n) is 4.62. The summed E-state index contributed by atoms with van der Waals surface area (Å²) in [7, 11) is 0. The number of carboxylic acids is 2. The fourth-order valence-corrected chi connectivity index (χ4v) is 4.62. The Bertz CT molecular complexity index is 471. The van der Waals surface area contributed by atoms with Crippen molar-refractivity contribution in [3.05, 3.63) is 12.2 Å². The zero-order valence-corrected chi connectivity index (χ0v) is 16.2. The van der Waals surface area contributed by atoms with Gasteiger partial charge in [-0.1, -0.05) is 84.3 Å². The molecule has 0 fully saturated rings. The molecule has 0 saturated carbocycles. The van der Waals surface area contributed by atoms with Crippen LogP contribution in [0.3, 0.4) is 0 Å². The number of carbonyl (C=O) groups is 2. The van der Waals surface area contributed by atoms with E-state index in [1.807, 2.05) is 19.1 Å². The van der Waals surface area contributed by atoms with Gasteiger partial charge in [0.1, 0.15) is 0 Å². The zero-order chi connectivity index (χ0) is 18.9. The Morgan fingerprint density at radius 1 is 0.920 bits per heavy atom. The number of rotatable bonds is 12. The summed E-state index contributed by atoms with van der Waals surface area (Å²) in [5.74, 6) is -2.13. The van der Waals surface area contributed by atoms with Crippen LogP contribution in [-0.4, -0.2) is 22.2 Å². The van der Waals surface area contributed by atoms with Crippen molar-refractivity contribution in [2.75, 3.05) is 0 Å².